The van der Waals surface area contributed by atoms with Crippen molar-refractivity contribution in [3.05, 3.63) is 58.4 Å². The molecule has 0 saturated carbocycles. The summed E-state index contributed by atoms with van der Waals surface area (Å²) in [4.78, 5) is 24.4. The van der Waals surface area contributed by atoms with Gasteiger partial charge in [-0.3, -0.25) is 0 Å². The van der Waals surface area contributed by atoms with Gasteiger partial charge < -0.3 is 18.6 Å². The number of hydrogen-bond donors (Lipinski definition) is 0. The van der Waals surface area contributed by atoms with Crippen LogP contribution in [0.15, 0.2) is 51.7 Å². The molecule has 0 N–H and O–H groups in total. The van der Waals surface area contributed by atoms with Gasteiger partial charge in [0.05, 0.1) is 19.3 Å². The molecule has 1 heterocycles. The molecule has 28 heavy (non-hydrogen) atoms. The maximum Gasteiger partial charge on any atom is 0.347 e. The smallest absolute Gasteiger partial charge is 0.347 e. The molecule has 0 saturated heterocycles. The molecule has 1 unspecified atom stereocenters. The van der Waals surface area contributed by atoms with Crippen LogP contribution < -0.4 is 15.1 Å². The SMILES string of the molecule is CCOC(=O)C(C)Oc1ccc2c(C)c(-c3ccc(OC)cc3)c(=O)oc2c1. The first-order valence-corrected chi connectivity index (χ1v) is 8.99. The van der Waals surface area contributed by atoms with Crippen molar-refractivity contribution in [2.45, 2.75) is 26.9 Å². The van der Waals surface area contributed by atoms with Gasteiger partial charge in [-0.25, -0.2) is 9.59 Å². The number of hydrogen-bond acceptors (Lipinski definition) is 6. The van der Waals surface area contributed by atoms with Gasteiger partial charge in [0.25, 0.3) is 0 Å². The minimum Gasteiger partial charge on any atom is -0.497 e. The first-order valence-electron chi connectivity index (χ1n) is 8.99. The van der Waals surface area contributed by atoms with Gasteiger partial charge in [-0.1, -0.05) is 12.1 Å². The molecule has 0 spiro atoms. The predicted molar refractivity (Wildman–Crippen MR) is 106 cm³/mol. The minimum absolute atomic E-state index is 0.284. The van der Waals surface area contributed by atoms with Crippen LogP contribution in [0.5, 0.6) is 11.5 Å². The fourth-order valence-corrected chi connectivity index (χ4v) is 3.01. The van der Waals surface area contributed by atoms with Crippen LogP contribution in [0, 0.1) is 6.92 Å². The summed E-state index contributed by atoms with van der Waals surface area (Å²) in [6.45, 7) is 5.50. The van der Waals surface area contributed by atoms with Gasteiger partial charge >= 0.3 is 11.6 Å². The van der Waals surface area contributed by atoms with E-state index < -0.39 is 17.7 Å². The largest absolute Gasteiger partial charge is 0.497 e. The average molecular weight is 382 g/mol. The number of esters is 1. The van der Waals surface area contributed by atoms with Crippen LogP contribution in [0.25, 0.3) is 22.1 Å². The first-order chi connectivity index (χ1) is 13.4. The molecule has 0 aliphatic rings. The first kappa shape index (κ1) is 19.5. The third-order valence-electron chi connectivity index (χ3n) is 4.45. The van der Waals surface area contributed by atoms with Crippen molar-refractivity contribution in [2.75, 3.05) is 13.7 Å². The number of carbonyl (C=O) groups is 1. The molecule has 0 fully saturated rings. The highest BCUT2D eigenvalue weighted by Gasteiger charge is 2.18. The van der Waals surface area contributed by atoms with E-state index in [1.54, 1.807) is 45.2 Å². The van der Waals surface area contributed by atoms with E-state index in [9.17, 15) is 9.59 Å². The number of aryl methyl sites for hydroxylation is 1. The third kappa shape index (κ3) is 3.86. The predicted octanol–water partition coefficient (Wildman–Crippen LogP) is 4.11. The summed E-state index contributed by atoms with van der Waals surface area (Å²) in [5.41, 5.74) is 2.02. The van der Waals surface area contributed by atoms with Gasteiger partial charge in [-0.15, -0.1) is 0 Å². The van der Waals surface area contributed by atoms with E-state index in [2.05, 4.69) is 0 Å². The Morgan fingerprint density at radius 3 is 2.43 bits per heavy atom. The fourth-order valence-electron chi connectivity index (χ4n) is 3.01. The quantitative estimate of drug-likeness (QED) is 0.472. The summed E-state index contributed by atoms with van der Waals surface area (Å²) in [6.07, 6.45) is -0.760. The zero-order valence-electron chi connectivity index (χ0n) is 16.3. The zero-order valence-corrected chi connectivity index (χ0v) is 16.3. The summed E-state index contributed by atoms with van der Waals surface area (Å²) < 4.78 is 21.2. The van der Waals surface area contributed by atoms with Gasteiger partial charge in [0.2, 0.25) is 0 Å². The number of methoxy groups -OCH3 is 1. The standard InChI is InChI=1S/C22H22O6/c1-5-26-21(23)14(3)27-17-10-11-18-13(2)20(22(24)28-19(18)12-17)15-6-8-16(25-4)9-7-15/h6-12,14H,5H2,1-4H3. The number of ether oxygens (including phenoxy) is 3. The van der Waals surface area contributed by atoms with Crippen molar-refractivity contribution in [1.82, 2.24) is 0 Å². The minimum atomic E-state index is -0.760. The summed E-state index contributed by atoms with van der Waals surface area (Å²) in [6, 6.07) is 12.4. The lowest BCUT2D eigenvalue weighted by molar-refractivity contribution is -0.150. The Kier molecular flexibility index (Phi) is 5.68. The van der Waals surface area contributed by atoms with E-state index in [1.807, 2.05) is 25.1 Å². The molecular formula is C22H22O6. The Morgan fingerprint density at radius 2 is 1.79 bits per heavy atom. The van der Waals surface area contributed by atoms with Gasteiger partial charge in [0.15, 0.2) is 6.10 Å². The van der Waals surface area contributed by atoms with Gasteiger partial charge in [-0.05, 0) is 56.2 Å². The molecule has 3 rings (SSSR count). The molecule has 6 nitrogen and oxygen atoms in total. The van der Waals surface area contributed by atoms with E-state index in [-0.39, 0.29) is 6.61 Å². The summed E-state index contributed by atoms with van der Waals surface area (Å²) in [5.74, 6) is 0.687. The highest BCUT2D eigenvalue weighted by atomic mass is 16.6. The lowest BCUT2D eigenvalue weighted by Crippen LogP contribution is -2.26. The second kappa shape index (κ2) is 8.17. The molecule has 0 bridgehead atoms. The number of benzene rings is 2. The second-order valence-corrected chi connectivity index (χ2v) is 6.29. The second-order valence-electron chi connectivity index (χ2n) is 6.29. The van der Waals surface area contributed by atoms with Gasteiger partial charge in [0.1, 0.15) is 17.1 Å². The average Bonchev–Trinajstić information content (AvgIpc) is 2.68. The Labute approximate surface area is 162 Å². The molecular weight excluding hydrogens is 360 g/mol. The summed E-state index contributed by atoms with van der Waals surface area (Å²) in [7, 11) is 1.59. The Bertz CT molecular complexity index is 1050. The maximum atomic E-state index is 12.6. The molecule has 6 heteroatoms. The molecule has 0 radical (unpaired) electrons. The monoisotopic (exact) mass is 382 g/mol. The van der Waals surface area contributed by atoms with Crippen LogP contribution in [-0.2, 0) is 9.53 Å². The molecule has 2 aromatic carbocycles. The van der Waals surface area contributed by atoms with Crippen molar-refractivity contribution in [3.8, 4) is 22.6 Å². The Hall–Kier alpha value is -3.28. The van der Waals surface area contributed by atoms with E-state index in [0.29, 0.717) is 22.6 Å². The highest BCUT2D eigenvalue weighted by molar-refractivity contribution is 5.87. The van der Waals surface area contributed by atoms with Gasteiger partial charge in [0, 0.05) is 11.5 Å². The van der Waals surface area contributed by atoms with E-state index in [4.69, 9.17) is 18.6 Å². The molecule has 0 aliphatic heterocycles. The number of rotatable bonds is 6. The summed E-state index contributed by atoms with van der Waals surface area (Å²) >= 11 is 0. The molecule has 1 aromatic heterocycles. The maximum absolute atomic E-state index is 12.6. The molecule has 146 valence electrons. The topological polar surface area (TPSA) is 75.0 Å². The van der Waals surface area contributed by atoms with Crippen LogP contribution in [0.1, 0.15) is 19.4 Å². The van der Waals surface area contributed by atoms with E-state index in [1.165, 1.54) is 0 Å². The molecule has 0 aliphatic carbocycles. The van der Waals surface area contributed by atoms with Crippen LogP contribution in [0.2, 0.25) is 0 Å². The van der Waals surface area contributed by atoms with E-state index >= 15 is 0 Å². The fraction of sp³-hybridized carbons (Fsp3) is 0.273. The van der Waals surface area contributed by atoms with E-state index in [0.717, 1.165) is 16.5 Å². The lowest BCUT2D eigenvalue weighted by atomic mass is 9.99. The Morgan fingerprint density at radius 1 is 1.11 bits per heavy atom. The van der Waals surface area contributed by atoms with Crippen LogP contribution >= 0.6 is 0 Å². The van der Waals surface area contributed by atoms with Gasteiger partial charge in [-0.2, -0.15) is 0 Å². The highest BCUT2D eigenvalue weighted by Crippen LogP contribution is 2.30. The van der Waals surface area contributed by atoms with Crippen molar-refractivity contribution in [1.29, 1.82) is 0 Å². The number of carbonyl (C=O) groups excluding carboxylic acids is 1. The normalized spacial score (nSPS) is 11.9. The molecule has 0 amide bonds. The third-order valence-corrected chi connectivity index (χ3v) is 4.45. The lowest BCUT2D eigenvalue weighted by Gasteiger charge is -2.14. The van der Waals surface area contributed by atoms with Crippen molar-refractivity contribution < 1.29 is 23.4 Å². The van der Waals surface area contributed by atoms with Crippen LogP contribution in [-0.4, -0.2) is 25.8 Å². The molecule has 3 aromatic rings. The Balaban J connectivity index is 1.98. The van der Waals surface area contributed by atoms with Crippen LogP contribution in [0.3, 0.4) is 0 Å². The number of fused-ring (bicyclic) bond motifs is 1. The van der Waals surface area contributed by atoms with Crippen LogP contribution in [0.4, 0.5) is 0 Å². The molecule has 1 atom stereocenters. The summed E-state index contributed by atoms with van der Waals surface area (Å²) in [5, 5.41) is 0.793. The van der Waals surface area contributed by atoms with Crippen molar-refractivity contribution in [2.24, 2.45) is 0 Å². The zero-order chi connectivity index (χ0) is 20.3. The van der Waals surface area contributed by atoms with Crippen molar-refractivity contribution in [3.63, 3.8) is 0 Å². The van der Waals surface area contributed by atoms with Crippen molar-refractivity contribution >= 4 is 16.9 Å².